The SMILES string of the molecule is CNC(=O)CNC(=O)Cc1ccc2ccccc2c1. The zero-order chi connectivity index (χ0) is 13.7. The number of carbonyl (C=O) groups is 2. The summed E-state index contributed by atoms with van der Waals surface area (Å²) in [6.45, 7) is 0.0168. The molecule has 2 rings (SSSR count). The Morgan fingerprint density at radius 2 is 1.74 bits per heavy atom. The van der Waals surface area contributed by atoms with Gasteiger partial charge in [0, 0.05) is 7.05 Å². The van der Waals surface area contributed by atoms with Gasteiger partial charge in [0.15, 0.2) is 0 Å². The maximum absolute atomic E-state index is 11.7. The molecule has 19 heavy (non-hydrogen) atoms. The van der Waals surface area contributed by atoms with Crippen molar-refractivity contribution in [3.63, 3.8) is 0 Å². The smallest absolute Gasteiger partial charge is 0.239 e. The quantitative estimate of drug-likeness (QED) is 0.864. The van der Waals surface area contributed by atoms with Crippen molar-refractivity contribution < 1.29 is 9.59 Å². The van der Waals surface area contributed by atoms with E-state index in [1.807, 2.05) is 42.5 Å². The van der Waals surface area contributed by atoms with Gasteiger partial charge in [0.25, 0.3) is 0 Å². The first-order valence-corrected chi connectivity index (χ1v) is 6.14. The molecule has 0 heterocycles. The summed E-state index contributed by atoms with van der Waals surface area (Å²) in [6, 6.07) is 13.9. The zero-order valence-corrected chi connectivity index (χ0v) is 10.8. The average molecular weight is 256 g/mol. The minimum Gasteiger partial charge on any atom is -0.358 e. The van der Waals surface area contributed by atoms with Crippen LogP contribution < -0.4 is 10.6 Å². The van der Waals surface area contributed by atoms with Crippen LogP contribution in [0.2, 0.25) is 0 Å². The molecule has 0 bridgehead atoms. The van der Waals surface area contributed by atoms with E-state index >= 15 is 0 Å². The van der Waals surface area contributed by atoms with Crippen LogP contribution in [0, 0.1) is 0 Å². The molecule has 2 N–H and O–H groups in total. The Bertz CT molecular complexity index is 608. The van der Waals surface area contributed by atoms with E-state index < -0.39 is 0 Å². The van der Waals surface area contributed by atoms with Gasteiger partial charge in [-0.1, -0.05) is 42.5 Å². The number of hydrogen-bond donors (Lipinski definition) is 2. The van der Waals surface area contributed by atoms with E-state index in [1.54, 1.807) is 0 Å². The molecule has 2 amide bonds. The normalized spacial score (nSPS) is 10.2. The first-order chi connectivity index (χ1) is 9.19. The van der Waals surface area contributed by atoms with E-state index in [0.29, 0.717) is 0 Å². The predicted octanol–water partition coefficient (Wildman–Crippen LogP) is 1.24. The summed E-state index contributed by atoms with van der Waals surface area (Å²) < 4.78 is 0. The van der Waals surface area contributed by atoms with Crippen molar-refractivity contribution in [1.82, 2.24) is 10.6 Å². The monoisotopic (exact) mass is 256 g/mol. The summed E-state index contributed by atoms with van der Waals surface area (Å²) in [5, 5.41) is 7.29. The molecule has 2 aromatic carbocycles. The molecule has 0 fully saturated rings. The van der Waals surface area contributed by atoms with Gasteiger partial charge in [-0.25, -0.2) is 0 Å². The van der Waals surface area contributed by atoms with Gasteiger partial charge >= 0.3 is 0 Å². The molecule has 4 heteroatoms. The molecule has 0 saturated heterocycles. The van der Waals surface area contributed by atoms with Crippen LogP contribution in [0.15, 0.2) is 42.5 Å². The third-order valence-corrected chi connectivity index (χ3v) is 2.90. The van der Waals surface area contributed by atoms with Gasteiger partial charge in [-0.15, -0.1) is 0 Å². The summed E-state index contributed by atoms with van der Waals surface area (Å²) in [5.41, 5.74) is 0.938. The molecule has 0 aliphatic heterocycles. The minimum atomic E-state index is -0.202. The van der Waals surface area contributed by atoms with Crippen LogP contribution in [-0.4, -0.2) is 25.4 Å². The van der Waals surface area contributed by atoms with Gasteiger partial charge < -0.3 is 10.6 Å². The summed E-state index contributed by atoms with van der Waals surface area (Å²) in [4.78, 5) is 22.7. The van der Waals surface area contributed by atoms with Crippen LogP contribution in [-0.2, 0) is 16.0 Å². The van der Waals surface area contributed by atoms with Crippen LogP contribution in [0.5, 0.6) is 0 Å². The van der Waals surface area contributed by atoms with Crippen molar-refractivity contribution in [2.45, 2.75) is 6.42 Å². The second-order valence-corrected chi connectivity index (χ2v) is 4.31. The van der Waals surface area contributed by atoms with E-state index in [9.17, 15) is 9.59 Å². The second kappa shape index (κ2) is 6.00. The Kier molecular flexibility index (Phi) is 4.13. The Balaban J connectivity index is 2.01. The number of rotatable bonds is 4. The largest absolute Gasteiger partial charge is 0.358 e. The van der Waals surface area contributed by atoms with Gasteiger partial charge in [0.2, 0.25) is 11.8 Å². The van der Waals surface area contributed by atoms with Crippen LogP contribution in [0.1, 0.15) is 5.56 Å². The maximum Gasteiger partial charge on any atom is 0.239 e. The number of fused-ring (bicyclic) bond motifs is 1. The molecular formula is C15H16N2O2. The van der Waals surface area contributed by atoms with Crippen LogP contribution in [0.25, 0.3) is 10.8 Å². The van der Waals surface area contributed by atoms with Crippen LogP contribution in [0.3, 0.4) is 0 Å². The minimum absolute atomic E-state index is 0.0168. The van der Waals surface area contributed by atoms with Gasteiger partial charge in [-0.05, 0) is 16.3 Å². The fourth-order valence-electron chi connectivity index (χ4n) is 1.86. The lowest BCUT2D eigenvalue weighted by Crippen LogP contribution is -2.35. The Morgan fingerprint density at radius 3 is 2.47 bits per heavy atom. The standard InChI is InChI=1S/C15H16N2O2/c1-16-15(19)10-17-14(18)9-11-6-7-12-4-2-3-5-13(12)8-11/h2-8H,9-10H2,1H3,(H,16,19)(H,17,18). The highest BCUT2D eigenvalue weighted by molar-refractivity contribution is 5.87. The van der Waals surface area contributed by atoms with Crippen LogP contribution in [0.4, 0.5) is 0 Å². The predicted molar refractivity (Wildman–Crippen MR) is 74.7 cm³/mol. The number of hydrogen-bond acceptors (Lipinski definition) is 2. The second-order valence-electron chi connectivity index (χ2n) is 4.31. The molecule has 0 aliphatic carbocycles. The molecule has 4 nitrogen and oxygen atoms in total. The molecule has 2 aromatic rings. The fraction of sp³-hybridized carbons (Fsp3) is 0.200. The van der Waals surface area contributed by atoms with Gasteiger partial charge in [0.05, 0.1) is 13.0 Å². The number of carbonyl (C=O) groups excluding carboxylic acids is 2. The van der Waals surface area contributed by atoms with Gasteiger partial charge in [-0.2, -0.15) is 0 Å². The topological polar surface area (TPSA) is 58.2 Å². The summed E-state index contributed by atoms with van der Waals surface area (Å²) in [7, 11) is 1.54. The molecule has 0 spiro atoms. The van der Waals surface area contributed by atoms with Crippen molar-refractivity contribution in [1.29, 1.82) is 0 Å². The first-order valence-electron chi connectivity index (χ1n) is 6.14. The van der Waals surface area contributed by atoms with Gasteiger partial charge in [-0.3, -0.25) is 9.59 Å². The highest BCUT2D eigenvalue weighted by atomic mass is 16.2. The summed E-state index contributed by atoms with van der Waals surface area (Å²) in [6.07, 6.45) is 0.280. The highest BCUT2D eigenvalue weighted by Gasteiger charge is 2.05. The Hall–Kier alpha value is -2.36. The lowest BCUT2D eigenvalue weighted by molar-refractivity contribution is -0.125. The summed E-state index contributed by atoms with van der Waals surface area (Å²) in [5.74, 6) is -0.356. The van der Waals surface area contributed by atoms with E-state index in [-0.39, 0.29) is 24.8 Å². The van der Waals surface area contributed by atoms with E-state index in [1.165, 1.54) is 7.05 Å². The first kappa shape index (κ1) is 13.1. The molecule has 0 radical (unpaired) electrons. The lowest BCUT2D eigenvalue weighted by atomic mass is 10.1. The Labute approximate surface area is 111 Å². The molecular weight excluding hydrogens is 240 g/mol. The van der Waals surface area contributed by atoms with E-state index in [2.05, 4.69) is 10.6 Å². The van der Waals surface area contributed by atoms with Crippen LogP contribution >= 0.6 is 0 Å². The van der Waals surface area contributed by atoms with Gasteiger partial charge in [0.1, 0.15) is 0 Å². The highest BCUT2D eigenvalue weighted by Crippen LogP contribution is 2.15. The lowest BCUT2D eigenvalue weighted by Gasteiger charge is -2.05. The average Bonchev–Trinajstić information content (AvgIpc) is 2.44. The molecule has 0 aliphatic rings. The third-order valence-electron chi connectivity index (χ3n) is 2.90. The number of likely N-dealkylation sites (N-methyl/N-ethyl adjacent to an activating group) is 1. The van der Waals surface area contributed by atoms with Crippen molar-refractivity contribution >= 4 is 22.6 Å². The van der Waals surface area contributed by atoms with Crippen molar-refractivity contribution in [3.05, 3.63) is 48.0 Å². The molecule has 0 aromatic heterocycles. The van der Waals surface area contributed by atoms with Crippen molar-refractivity contribution in [2.24, 2.45) is 0 Å². The number of amides is 2. The third kappa shape index (κ3) is 3.55. The van der Waals surface area contributed by atoms with E-state index in [0.717, 1.165) is 16.3 Å². The van der Waals surface area contributed by atoms with Crippen molar-refractivity contribution in [2.75, 3.05) is 13.6 Å². The fourth-order valence-corrected chi connectivity index (χ4v) is 1.86. The van der Waals surface area contributed by atoms with E-state index in [4.69, 9.17) is 0 Å². The Morgan fingerprint density at radius 1 is 1.00 bits per heavy atom. The zero-order valence-electron chi connectivity index (χ0n) is 10.8. The molecule has 0 atom stereocenters. The van der Waals surface area contributed by atoms with Crippen molar-refractivity contribution in [3.8, 4) is 0 Å². The molecule has 98 valence electrons. The number of benzene rings is 2. The molecule has 0 unspecified atom stereocenters. The molecule has 0 saturated carbocycles. The maximum atomic E-state index is 11.7. The number of nitrogens with one attached hydrogen (secondary N) is 2. The summed E-state index contributed by atoms with van der Waals surface area (Å²) >= 11 is 0.